The summed E-state index contributed by atoms with van der Waals surface area (Å²) < 4.78 is 5.44. The van der Waals surface area contributed by atoms with E-state index >= 15 is 0 Å². The number of aryl methyl sites for hydroxylation is 1. The van der Waals surface area contributed by atoms with Crippen molar-refractivity contribution < 1.29 is 14.3 Å². The minimum Gasteiger partial charge on any atom is -0.496 e. The fourth-order valence-electron chi connectivity index (χ4n) is 2.78. The molecule has 3 rings (SSSR count). The Balaban J connectivity index is 1.72. The van der Waals surface area contributed by atoms with Gasteiger partial charge in [-0.05, 0) is 37.1 Å². The smallest absolute Gasteiger partial charge is 0.265 e. The Morgan fingerprint density at radius 2 is 1.78 bits per heavy atom. The van der Waals surface area contributed by atoms with Gasteiger partial charge in [-0.1, -0.05) is 36.4 Å². The fraction of sp³-hybridized carbons (Fsp3) is 0.238. The van der Waals surface area contributed by atoms with Crippen LogP contribution >= 0.6 is 11.8 Å². The second-order valence-corrected chi connectivity index (χ2v) is 7.30. The number of ether oxygens (including phenoxy) is 1. The summed E-state index contributed by atoms with van der Waals surface area (Å²) >= 11 is 1.46. The van der Waals surface area contributed by atoms with E-state index in [0.29, 0.717) is 35.1 Å². The van der Waals surface area contributed by atoms with Crippen molar-refractivity contribution in [2.75, 3.05) is 17.7 Å². The molecule has 0 saturated carbocycles. The molecule has 140 valence electrons. The molecule has 0 saturated heterocycles. The monoisotopic (exact) mass is 382 g/mol. The number of nitrogens with one attached hydrogen (secondary N) is 2. The average Bonchev–Trinajstić information content (AvgIpc) is 2.68. The number of amides is 2. The van der Waals surface area contributed by atoms with Gasteiger partial charge in [-0.2, -0.15) is 0 Å². The first-order chi connectivity index (χ1) is 13.1. The van der Waals surface area contributed by atoms with Gasteiger partial charge in [0, 0.05) is 12.3 Å². The van der Waals surface area contributed by atoms with Gasteiger partial charge in [0.2, 0.25) is 0 Å². The summed E-state index contributed by atoms with van der Waals surface area (Å²) in [6.07, 6.45) is 0. The highest BCUT2D eigenvalue weighted by molar-refractivity contribution is 8.04. The third kappa shape index (κ3) is 4.71. The average molecular weight is 382 g/mol. The predicted molar refractivity (Wildman–Crippen MR) is 109 cm³/mol. The molecule has 0 bridgehead atoms. The zero-order valence-electron chi connectivity index (χ0n) is 15.4. The van der Waals surface area contributed by atoms with Crippen LogP contribution in [0.3, 0.4) is 0 Å². The highest BCUT2D eigenvalue weighted by atomic mass is 32.2. The standard InChI is InChI=1S/C21H22N2O3S/c1-14-7-3-4-8-16(14)13-22-20(24)17-9-5-6-10-18(17)23-21(25)19-15(2)26-11-12-27-19/h3-10H,11-13H2,1-2H3,(H,22,24)(H,23,25). The fourth-order valence-corrected chi connectivity index (χ4v) is 3.59. The molecule has 2 aromatic carbocycles. The van der Waals surface area contributed by atoms with Crippen LogP contribution in [0.4, 0.5) is 5.69 Å². The number of benzene rings is 2. The van der Waals surface area contributed by atoms with Gasteiger partial charge in [0.15, 0.2) is 0 Å². The summed E-state index contributed by atoms with van der Waals surface area (Å²) in [5, 5.41) is 5.77. The van der Waals surface area contributed by atoms with Crippen LogP contribution in [-0.4, -0.2) is 24.2 Å². The molecule has 2 amide bonds. The molecule has 27 heavy (non-hydrogen) atoms. The van der Waals surface area contributed by atoms with Crippen molar-refractivity contribution in [2.45, 2.75) is 20.4 Å². The Bertz CT molecular complexity index is 893. The third-order valence-electron chi connectivity index (χ3n) is 4.29. The molecule has 0 aromatic heterocycles. The molecule has 5 nitrogen and oxygen atoms in total. The minimum atomic E-state index is -0.253. The SMILES string of the molecule is CC1=C(C(=O)Nc2ccccc2C(=O)NCc2ccccc2C)SCCO1. The molecule has 1 aliphatic rings. The van der Waals surface area contributed by atoms with Crippen LogP contribution in [-0.2, 0) is 16.1 Å². The van der Waals surface area contributed by atoms with Crippen LogP contribution in [0.25, 0.3) is 0 Å². The van der Waals surface area contributed by atoms with Gasteiger partial charge in [0.25, 0.3) is 11.8 Å². The summed E-state index contributed by atoms with van der Waals surface area (Å²) in [5.74, 6) is 0.868. The Hall–Kier alpha value is -2.73. The second kappa shape index (κ2) is 8.77. The van der Waals surface area contributed by atoms with Crippen LogP contribution in [0.5, 0.6) is 0 Å². The first-order valence-corrected chi connectivity index (χ1v) is 9.74. The lowest BCUT2D eigenvalue weighted by atomic mass is 10.1. The summed E-state index contributed by atoms with van der Waals surface area (Å²) in [5.41, 5.74) is 3.09. The topological polar surface area (TPSA) is 67.4 Å². The number of carbonyl (C=O) groups excluding carboxylic acids is 2. The summed E-state index contributed by atoms with van der Waals surface area (Å²) in [4.78, 5) is 25.8. The van der Waals surface area contributed by atoms with E-state index in [2.05, 4.69) is 10.6 Å². The maximum Gasteiger partial charge on any atom is 0.265 e. The molecule has 0 radical (unpaired) electrons. The lowest BCUT2D eigenvalue weighted by Gasteiger charge is -2.18. The molecule has 0 atom stereocenters. The normalized spacial score (nSPS) is 13.7. The number of hydrogen-bond donors (Lipinski definition) is 2. The molecular weight excluding hydrogens is 360 g/mol. The van der Waals surface area contributed by atoms with E-state index in [-0.39, 0.29) is 11.8 Å². The molecule has 0 aliphatic carbocycles. The Labute approximate surface area is 163 Å². The number of para-hydroxylation sites is 1. The number of thioether (sulfide) groups is 1. The van der Waals surface area contributed by atoms with E-state index in [1.807, 2.05) is 31.2 Å². The molecular formula is C21H22N2O3S. The summed E-state index contributed by atoms with van der Waals surface area (Å²) in [7, 11) is 0. The molecule has 2 N–H and O–H groups in total. The Kier molecular flexibility index (Phi) is 6.19. The molecule has 1 aliphatic heterocycles. The van der Waals surface area contributed by atoms with Crippen molar-refractivity contribution >= 4 is 29.3 Å². The molecule has 2 aromatic rings. The van der Waals surface area contributed by atoms with Crippen molar-refractivity contribution in [1.29, 1.82) is 0 Å². The van der Waals surface area contributed by atoms with Gasteiger partial charge in [0.1, 0.15) is 10.7 Å². The summed E-state index contributed by atoms with van der Waals surface area (Å²) in [6.45, 7) is 4.82. The van der Waals surface area contributed by atoms with Gasteiger partial charge in [-0.25, -0.2) is 0 Å². The Morgan fingerprint density at radius 1 is 1.04 bits per heavy atom. The van der Waals surface area contributed by atoms with E-state index in [0.717, 1.165) is 16.9 Å². The van der Waals surface area contributed by atoms with E-state index in [9.17, 15) is 9.59 Å². The van der Waals surface area contributed by atoms with E-state index < -0.39 is 0 Å². The van der Waals surface area contributed by atoms with Gasteiger partial charge in [0.05, 0.1) is 17.9 Å². The van der Waals surface area contributed by atoms with Crippen molar-refractivity contribution in [3.05, 3.63) is 75.9 Å². The van der Waals surface area contributed by atoms with Gasteiger partial charge in [-0.3, -0.25) is 9.59 Å². The predicted octanol–water partition coefficient (Wildman–Crippen LogP) is 3.86. The second-order valence-electron chi connectivity index (χ2n) is 6.19. The highest BCUT2D eigenvalue weighted by Gasteiger charge is 2.20. The number of carbonyl (C=O) groups is 2. The van der Waals surface area contributed by atoms with Crippen molar-refractivity contribution in [2.24, 2.45) is 0 Å². The van der Waals surface area contributed by atoms with Gasteiger partial charge < -0.3 is 15.4 Å². The number of anilines is 1. The van der Waals surface area contributed by atoms with Crippen LogP contribution in [0.2, 0.25) is 0 Å². The first kappa shape index (κ1) is 19.0. The van der Waals surface area contributed by atoms with Crippen LogP contribution in [0.15, 0.2) is 59.2 Å². The number of rotatable bonds is 5. The molecule has 6 heteroatoms. The first-order valence-electron chi connectivity index (χ1n) is 8.76. The zero-order valence-corrected chi connectivity index (χ0v) is 16.2. The van der Waals surface area contributed by atoms with Crippen LogP contribution in [0.1, 0.15) is 28.4 Å². The maximum atomic E-state index is 12.7. The van der Waals surface area contributed by atoms with Gasteiger partial charge in [-0.15, -0.1) is 11.8 Å². The number of allylic oxidation sites excluding steroid dienone is 1. The largest absolute Gasteiger partial charge is 0.496 e. The minimum absolute atomic E-state index is 0.229. The van der Waals surface area contributed by atoms with Crippen LogP contribution in [0, 0.1) is 6.92 Å². The van der Waals surface area contributed by atoms with Gasteiger partial charge >= 0.3 is 0 Å². The van der Waals surface area contributed by atoms with Crippen molar-refractivity contribution in [3.8, 4) is 0 Å². The van der Waals surface area contributed by atoms with E-state index in [1.165, 1.54) is 11.8 Å². The van der Waals surface area contributed by atoms with Crippen molar-refractivity contribution in [3.63, 3.8) is 0 Å². The maximum absolute atomic E-state index is 12.7. The van der Waals surface area contributed by atoms with E-state index in [1.54, 1.807) is 31.2 Å². The third-order valence-corrected chi connectivity index (χ3v) is 5.43. The highest BCUT2D eigenvalue weighted by Crippen LogP contribution is 2.27. The number of hydrogen-bond acceptors (Lipinski definition) is 4. The van der Waals surface area contributed by atoms with Crippen LogP contribution < -0.4 is 10.6 Å². The van der Waals surface area contributed by atoms with Crippen molar-refractivity contribution in [1.82, 2.24) is 5.32 Å². The lowest BCUT2D eigenvalue weighted by molar-refractivity contribution is -0.112. The Morgan fingerprint density at radius 3 is 2.56 bits per heavy atom. The molecule has 1 heterocycles. The molecule has 0 unspecified atom stereocenters. The van der Waals surface area contributed by atoms with E-state index in [4.69, 9.17) is 4.74 Å². The quantitative estimate of drug-likeness (QED) is 0.824. The zero-order chi connectivity index (χ0) is 19.2. The lowest BCUT2D eigenvalue weighted by Crippen LogP contribution is -2.25. The summed E-state index contributed by atoms with van der Waals surface area (Å²) in [6, 6.07) is 14.9. The molecule has 0 fully saturated rings. The molecule has 0 spiro atoms.